The van der Waals surface area contributed by atoms with Gasteiger partial charge in [-0.2, -0.15) is 0 Å². The summed E-state index contributed by atoms with van der Waals surface area (Å²) in [5, 5.41) is 3.87. The molecule has 0 spiro atoms. The first-order chi connectivity index (χ1) is 5.15. The van der Waals surface area contributed by atoms with Gasteiger partial charge in [0.25, 0.3) is 5.56 Å². The van der Waals surface area contributed by atoms with E-state index < -0.39 is 0 Å². The van der Waals surface area contributed by atoms with Crippen LogP contribution in [0.25, 0.3) is 0 Å². The number of hydrogen-bond donors (Lipinski definition) is 0. The molecule has 0 aliphatic heterocycles. The highest BCUT2D eigenvalue weighted by molar-refractivity contribution is 5.20. The second-order valence-corrected chi connectivity index (χ2v) is 2.30. The summed E-state index contributed by atoms with van der Waals surface area (Å²) in [4.78, 5) is 11.0. The van der Waals surface area contributed by atoms with E-state index in [1.807, 2.05) is 0 Å². The van der Waals surface area contributed by atoms with Gasteiger partial charge in [0.05, 0.1) is 7.11 Å². The van der Waals surface area contributed by atoms with Crippen molar-refractivity contribution in [1.82, 2.24) is 9.78 Å². The van der Waals surface area contributed by atoms with Gasteiger partial charge in [-0.15, -0.1) is 5.10 Å². The molecule has 4 nitrogen and oxygen atoms in total. The van der Waals surface area contributed by atoms with Crippen LogP contribution < -0.4 is 10.3 Å². The van der Waals surface area contributed by atoms with Crippen LogP contribution in [0.15, 0.2) is 10.9 Å². The lowest BCUT2D eigenvalue weighted by molar-refractivity contribution is 0.378. The van der Waals surface area contributed by atoms with Crippen LogP contribution >= 0.6 is 0 Å². The number of hydrogen-bond acceptors (Lipinski definition) is 3. The monoisotopic (exact) mass is 154 g/mol. The first-order valence-corrected chi connectivity index (χ1v) is 3.24. The van der Waals surface area contributed by atoms with Crippen molar-refractivity contribution in [1.29, 1.82) is 0 Å². The zero-order valence-electron chi connectivity index (χ0n) is 6.79. The third-order valence-electron chi connectivity index (χ3n) is 1.43. The van der Waals surface area contributed by atoms with E-state index in [1.165, 1.54) is 17.9 Å². The van der Waals surface area contributed by atoms with Gasteiger partial charge < -0.3 is 4.74 Å². The maximum Gasteiger partial charge on any atom is 0.266 e. The molecule has 1 rings (SSSR count). The second-order valence-electron chi connectivity index (χ2n) is 2.30. The predicted molar refractivity (Wildman–Crippen MR) is 40.8 cm³/mol. The van der Waals surface area contributed by atoms with Crippen molar-refractivity contribution >= 4 is 0 Å². The van der Waals surface area contributed by atoms with Crippen molar-refractivity contribution in [3.05, 3.63) is 22.0 Å². The largest absolute Gasteiger partial charge is 0.480 e. The summed E-state index contributed by atoms with van der Waals surface area (Å²) in [6.07, 6.45) is 0. The summed E-state index contributed by atoms with van der Waals surface area (Å²) in [5.74, 6) is 0.493. The Bertz CT molecular complexity index is 317. The quantitative estimate of drug-likeness (QED) is 0.576. The van der Waals surface area contributed by atoms with Gasteiger partial charge in [0.15, 0.2) is 0 Å². The predicted octanol–water partition coefficient (Wildman–Crippen LogP) is 0.0973. The molecule has 0 atom stereocenters. The average Bonchev–Trinajstić information content (AvgIpc) is 1.97. The first-order valence-electron chi connectivity index (χ1n) is 3.24. The molecule has 0 aliphatic rings. The summed E-state index contributed by atoms with van der Waals surface area (Å²) < 4.78 is 6.15. The van der Waals surface area contributed by atoms with E-state index in [9.17, 15) is 4.79 Å². The lowest BCUT2D eigenvalue weighted by Crippen LogP contribution is -2.19. The van der Waals surface area contributed by atoms with Gasteiger partial charge in [-0.3, -0.25) is 4.79 Å². The van der Waals surface area contributed by atoms with E-state index >= 15 is 0 Å². The molecule has 0 aliphatic carbocycles. The topological polar surface area (TPSA) is 44.1 Å². The summed E-state index contributed by atoms with van der Waals surface area (Å²) in [6, 6.07) is 1.49. The van der Waals surface area contributed by atoms with E-state index in [1.54, 1.807) is 14.0 Å². The number of nitrogens with zero attached hydrogens (tertiary/aromatic N) is 2. The lowest BCUT2D eigenvalue weighted by Gasteiger charge is -2.03. The minimum absolute atomic E-state index is 0.122. The van der Waals surface area contributed by atoms with Crippen LogP contribution in [0.2, 0.25) is 0 Å². The van der Waals surface area contributed by atoms with Crippen molar-refractivity contribution in [2.24, 2.45) is 7.05 Å². The highest BCUT2D eigenvalue weighted by atomic mass is 16.5. The van der Waals surface area contributed by atoms with Crippen molar-refractivity contribution in [2.75, 3.05) is 7.11 Å². The van der Waals surface area contributed by atoms with Crippen LogP contribution in [0.3, 0.4) is 0 Å². The van der Waals surface area contributed by atoms with Gasteiger partial charge in [0.2, 0.25) is 5.88 Å². The third-order valence-corrected chi connectivity index (χ3v) is 1.43. The molecule has 1 heterocycles. The maximum absolute atomic E-state index is 11.0. The van der Waals surface area contributed by atoms with Crippen molar-refractivity contribution in [3.8, 4) is 5.88 Å². The molecule has 0 N–H and O–H groups in total. The Labute approximate surface area is 64.4 Å². The number of aryl methyl sites for hydroxylation is 2. The maximum atomic E-state index is 11.0. The molecular formula is C7H10N2O2. The SMILES string of the molecule is COc1nn(C)c(=O)cc1C. The summed E-state index contributed by atoms with van der Waals surface area (Å²) in [7, 11) is 3.12. The molecule has 0 aromatic carbocycles. The lowest BCUT2D eigenvalue weighted by atomic mass is 10.3. The van der Waals surface area contributed by atoms with Crippen LogP contribution in [-0.2, 0) is 7.05 Å². The van der Waals surface area contributed by atoms with Crippen LogP contribution in [0.5, 0.6) is 5.88 Å². The van der Waals surface area contributed by atoms with Crippen LogP contribution in [0.1, 0.15) is 5.56 Å². The Kier molecular flexibility index (Phi) is 1.94. The molecule has 0 saturated heterocycles. The van der Waals surface area contributed by atoms with E-state index in [2.05, 4.69) is 5.10 Å². The Morgan fingerprint density at radius 2 is 2.27 bits per heavy atom. The minimum atomic E-state index is -0.122. The fourth-order valence-corrected chi connectivity index (χ4v) is 0.807. The molecular weight excluding hydrogens is 144 g/mol. The first kappa shape index (κ1) is 7.78. The average molecular weight is 154 g/mol. The van der Waals surface area contributed by atoms with Gasteiger partial charge in [0.1, 0.15) is 0 Å². The summed E-state index contributed by atoms with van der Waals surface area (Å²) in [5.41, 5.74) is 0.638. The second kappa shape index (κ2) is 2.74. The number of aromatic nitrogens is 2. The van der Waals surface area contributed by atoms with Crippen LogP contribution in [-0.4, -0.2) is 16.9 Å². The Morgan fingerprint density at radius 3 is 2.82 bits per heavy atom. The van der Waals surface area contributed by atoms with E-state index in [0.717, 1.165) is 5.56 Å². The van der Waals surface area contributed by atoms with Crippen molar-refractivity contribution in [3.63, 3.8) is 0 Å². The van der Waals surface area contributed by atoms with Crippen LogP contribution in [0.4, 0.5) is 0 Å². The Hall–Kier alpha value is -1.32. The highest BCUT2D eigenvalue weighted by Gasteiger charge is 2.00. The fourth-order valence-electron chi connectivity index (χ4n) is 0.807. The van der Waals surface area contributed by atoms with E-state index in [4.69, 9.17) is 4.74 Å². The zero-order valence-corrected chi connectivity index (χ0v) is 6.79. The molecule has 11 heavy (non-hydrogen) atoms. The summed E-state index contributed by atoms with van der Waals surface area (Å²) in [6.45, 7) is 1.78. The van der Waals surface area contributed by atoms with Gasteiger partial charge in [-0.25, -0.2) is 4.68 Å². The number of ether oxygens (including phenoxy) is 1. The van der Waals surface area contributed by atoms with Crippen LogP contribution in [0, 0.1) is 6.92 Å². The highest BCUT2D eigenvalue weighted by Crippen LogP contribution is 2.07. The van der Waals surface area contributed by atoms with E-state index in [0.29, 0.717) is 5.88 Å². The molecule has 0 unspecified atom stereocenters. The Balaban J connectivity index is 3.32. The van der Waals surface area contributed by atoms with Gasteiger partial charge in [-0.1, -0.05) is 0 Å². The molecule has 1 aromatic rings. The molecule has 60 valence electrons. The third kappa shape index (κ3) is 1.39. The summed E-state index contributed by atoms with van der Waals surface area (Å²) >= 11 is 0. The van der Waals surface area contributed by atoms with Gasteiger partial charge in [-0.05, 0) is 6.92 Å². The molecule has 0 fully saturated rings. The molecule has 0 saturated carbocycles. The standard InChI is InChI=1S/C7H10N2O2/c1-5-4-6(10)9(2)8-7(5)11-3/h4H,1-3H3. The molecule has 0 radical (unpaired) electrons. The molecule has 1 aromatic heterocycles. The van der Waals surface area contributed by atoms with Gasteiger partial charge >= 0.3 is 0 Å². The Morgan fingerprint density at radius 1 is 1.64 bits per heavy atom. The minimum Gasteiger partial charge on any atom is -0.480 e. The van der Waals surface area contributed by atoms with E-state index in [-0.39, 0.29) is 5.56 Å². The smallest absolute Gasteiger partial charge is 0.266 e. The number of rotatable bonds is 1. The van der Waals surface area contributed by atoms with Crippen molar-refractivity contribution < 1.29 is 4.74 Å². The molecule has 4 heteroatoms. The normalized spacial score (nSPS) is 9.73. The molecule has 0 bridgehead atoms. The fraction of sp³-hybridized carbons (Fsp3) is 0.429. The molecule has 0 amide bonds. The van der Waals surface area contributed by atoms with Gasteiger partial charge in [0, 0.05) is 18.7 Å². The van der Waals surface area contributed by atoms with Crippen molar-refractivity contribution in [2.45, 2.75) is 6.92 Å². The zero-order chi connectivity index (χ0) is 8.43. The number of methoxy groups -OCH3 is 1.